The average Bonchev–Trinajstić information content (AvgIpc) is 3.06. The van der Waals surface area contributed by atoms with Gasteiger partial charge in [0.15, 0.2) is 11.4 Å². The molecule has 3 rings (SSSR count). The first-order valence-electron chi connectivity index (χ1n) is 8.00. The molecule has 1 aliphatic heterocycles. The Balaban J connectivity index is 2.02. The molecule has 1 unspecified atom stereocenters. The number of carbonyl (C=O) groups excluding carboxylic acids is 1. The molecule has 2 aromatic rings. The highest BCUT2D eigenvalue weighted by Gasteiger charge is 2.44. The Bertz CT molecular complexity index is 881. The molecule has 0 aliphatic carbocycles. The zero-order valence-corrected chi connectivity index (χ0v) is 13.8. The number of benzene rings is 1. The van der Waals surface area contributed by atoms with Crippen molar-refractivity contribution in [2.45, 2.75) is 19.0 Å². The lowest BCUT2D eigenvalue weighted by Gasteiger charge is -2.30. The number of amides is 1. The number of likely N-dealkylation sites (tertiary alicyclic amines) is 1. The minimum atomic E-state index is -5.03. The van der Waals surface area contributed by atoms with Crippen molar-refractivity contribution in [2.24, 2.45) is 5.92 Å². The van der Waals surface area contributed by atoms with Crippen LogP contribution in [0.4, 0.5) is 17.6 Å². The zero-order valence-electron chi connectivity index (χ0n) is 13.8. The van der Waals surface area contributed by atoms with E-state index < -0.39 is 46.9 Å². The number of para-hydroxylation sites is 1. The molecule has 1 aliphatic rings. The van der Waals surface area contributed by atoms with Crippen LogP contribution in [0.2, 0.25) is 0 Å². The maximum absolute atomic E-state index is 13.9. The molecule has 1 aromatic heterocycles. The van der Waals surface area contributed by atoms with E-state index in [1.165, 1.54) is 12.1 Å². The lowest BCUT2D eigenvalue weighted by molar-refractivity contribution is -0.144. The summed E-state index contributed by atoms with van der Waals surface area (Å²) in [6, 6.07) is 4.66. The molecular formula is C16H14F4N4O3. The number of rotatable bonds is 3. The summed E-state index contributed by atoms with van der Waals surface area (Å²) in [5, 5.41) is 15.7. The van der Waals surface area contributed by atoms with Crippen molar-refractivity contribution in [3.63, 3.8) is 0 Å². The van der Waals surface area contributed by atoms with E-state index in [0.717, 1.165) is 17.0 Å². The third-order valence-corrected chi connectivity index (χ3v) is 4.28. The monoisotopic (exact) mass is 386 g/mol. The molecule has 27 heavy (non-hydrogen) atoms. The van der Waals surface area contributed by atoms with Gasteiger partial charge in [-0.15, -0.1) is 5.10 Å². The third-order valence-electron chi connectivity index (χ3n) is 4.28. The van der Waals surface area contributed by atoms with Gasteiger partial charge in [0.2, 0.25) is 0 Å². The largest absolute Gasteiger partial charge is 0.481 e. The number of halogens is 4. The molecule has 0 bridgehead atoms. The molecule has 1 amide bonds. The first kappa shape index (κ1) is 18.8. The molecule has 0 saturated carbocycles. The van der Waals surface area contributed by atoms with Crippen LogP contribution in [-0.4, -0.2) is 50.0 Å². The molecule has 0 spiro atoms. The molecule has 2 heterocycles. The number of aliphatic carboxylic acids is 1. The summed E-state index contributed by atoms with van der Waals surface area (Å²) >= 11 is 0. The summed E-state index contributed by atoms with van der Waals surface area (Å²) in [4.78, 5) is 24.7. The number of aromatic nitrogens is 3. The van der Waals surface area contributed by atoms with Gasteiger partial charge in [-0.3, -0.25) is 9.59 Å². The van der Waals surface area contributed by atoms with Crippen molar-refractivity contribution in [3.8, 4) is 5.69 Å². The van der Waals surface area contributed by atoms with E-state index in [9.17, 15) is 27.2 Å². The second kappa shape index (κ2) is 6.97. The Morgan fingerprint density at radius 2 is 1.93 bits per heavy atom. The highest BCUT2D eigenvalue weighted by Crippen LogP contribution is 2.34. The minimum Gasteiger partial charge on any atom is -0.481 e. The van der Waals surface area contributed by atoms with Gasteiger partial charge < -0.3 is 10.0 Å². The van der Waals surface area contributed by atoms with Gasteiger partial charge in [-0.2, -0.15) is 13.2 Å². The van der Waals surface area contributed by atoms with Crippen LogP contribution in [0.15, 0.2) is 24.3 Å². The van der Waals surface area contributed by atoms with Crippen LogP contribution >= 0.6 is 0 Å². The van der Waals surface area contributed by atoms with Gasteiger partial charge in [0.1, 0.15) is 11.5 Å². The van der Waals surface area contributed by atoms with Crippen LogP contribution < -0.4 is 0 Å². The van der Waals surface area contributed by atoms with Crippen molar-refractivity contribution >= 4 is 11.9 Å². The molecule has 1 N–H and O–H groups in total. The van der Waals surface area contributed by atoms with Gasteiger partial charge in [0, 0.05) is 13.1 Å². The Kier molecular flexibility index (Phi) is 4.85. The maximum Gasteiger partial charge on any atom is 0.435 e. The second-order valence-corrected chi connectivity index (χ2v) is 6.08. The van der Waals surface area contributed by atoms with E-state index in [1.54, 1.807) is 0 Å². The van der Waals surface area contributed by atoms with Crippen molar-refractivity contribution in [1.82, 2.24) is 19.9 Å². The van der Waals surface area contributed by atoms with Crippen LogP contribution in [0.1, 0.15) is 29.0 Å². The van der Waals surface area contributed by atoms with Crippen LogP contribution in [0, 0.1) is 11.7 Å². The summed E-state index contributed by atoms with van der Waals surface area (Å²) in [6.07, 6.45) is -4.36. The maximum atomic E-state index is 13.9. The number of piperidine rings is 1. The zero-order chi connectivity index (χ0) is 19.8. The highest BCUT2D eigenvalue weighted by atomic mass is 19.4. The number of nitrogens with zero attached hydrogens (tertiary/aromatic N) is 4. The summed E-state index contributed by atoms with van der Waals surface area (Å²) in [5.41, 5.74) is -3.00. The predicted octanol–water partition coefficient (Wildman–Crippen LogP) is 2.36. The van der Waals surface area contributed by atoms with Crippen LogP contribution in [-0.2, 0) is 11.0 Å². The smallest absolute Gasteiger partial charge is 0.435 e. The topological polar surface area (TPSA) is 88.3 Å². The Morgan fingerprint density at radius 1 is 1.22 bits per heavy atom. The Morgan fingerprint density at radius 3 is 2.56 bits per heavy atom. The third kappa shape index (κ3) is 3.62. The molecular weight excluding hydrogens is 372 g/mol. The lowest BCUT2D eigenvalue weighted by Crippen LogP contribution is -2.43. The predicted molar refractivity (Wildman–Crippen MR) is 82.6 cm³/mol. The number of hydrogen-bond donors (Lipinski definition) is 1. The molecule has 1 saturated heterocycles. The molecule has 144 valence electrons. The quantitative estimate of drug-likeness (QED) is 0.819. The number of carboxylic acid groups (broad SMARTS) is 1. The van der Waals surface area contributed by atoms with Gasteiger partial charge >= 0.3 is 12.1 Å². The molecule has 1 aromatic carbocycles. The van der Waals surface area contributed by atoms with Crippen molar-refractivity contribution in [2.75, 3.05) is 13.1 Å². The number of alkyl halides is 3. The molecule has 1 atom stereocenters. The fourth-order valence-electron chi connectivity index (χ4n) is 2.99. The van der Waals surface area contributed by atoms with Gasteiger partial charge in [0.05, 0.1) is 5.92 Å². The van der Waals surface area contributed by atoms with E-state index in [4.69, 9.17) is 5.11 Å². The first-order chi connectivity index (χ1) is 12.7. The molecule has 11 heteroatoms. The van der Waals surface area contributed by atoms with E-state index in [1.807, 2.05) is 0 Å². The first-order valence-corrected chi connectivity index (χ1v) is 8.00. The Hall–Kier alpha value is -2.98. The van der Waals surface area contributed by atoms with Crippen molar-refractivity contribution in [3.05, 3.63) is 41.5 Å². The van der Waals surface area contributed by atoms with Crippen molar-refractivity contribution < 1.29 is 32.3 Å². The fraction of sp³-hybridized carbons (Fsp3) is 0.375. The normalized spacial score (nSPS) is 17.8. The van der Waals surface area contributed by atoms with Crippen LogP contribution in [0.5, 0.6) is 0 Å². The van der Waals surface area contributed by atoms with Crippen LogP contribution in [0.25, 0.3) is 5.69 Å². The number of carboxylic acids is 1. The average molecular weight is 386 g/mol. The van der Waals surface area contributed by atoms with Crippen LogP contribution in [0.3, 0.4) is 0 Å². The van der Waals surface area contributed by atoms with Crippen molar-refractivity contribution in [1.29, 1.82) is 0 Å². The SMILES string of the molecule is O=C(O)C1CCCN(C(=O)c2nnn(-c3ccccc3F)c2C(F)(F)F)C1. The van der Waals surface area contributed by atoms with E-state index in [-0.39, 0.29) is 17.8 Å². The summed E-state index contributed by atoms with van der Waals surface area (Å²) < 4.78 is 55.0. The standard InChI is InChI=1S/C16H14F4N4O3/c17-10-5-1-2-6-11(10)24-13(16(18,19)20)12(21-22-24)14(25)23-7-3-4-9(8-23)15(26)27/h1-2,5-6,9H,3-4,7-8H2,(H,26,27). The summed E-state index contributed by atoms with van der Waals surface area (Å²) in [7, 11) is 0. The number of carbonyl (C=O) groups is 2. The molecule has 0 radical (unpaired) electrons. The number of hydrogen-bond acceptors (Lipinski definition) is 4. The van der Waals surface area contributed by atoms with Gasteiger partial charge in [-0.25, -0.2) is 9.07 Å². The van der Waals surface area contributed by atoms with Gasteiger partial charge in [-0.1, -0.05) is 17.3 Å². The van der Waals surface area contributed by atoms with E-state index in [2.05, 4.69) is 10.3 Å². The minimum absolute atomic E-state index is 0.104. The second-order valence-electron chi connectivity index (χ2n) is 6.08. The molecule has 1 fully saturated rings. The van der Waals surface area contributed by atoms with E-state index in [0.29, 0.717) is 12.8 Å². The summed E-state index contributed by atoms with van der Waals surface area (Å²) in [6.45, 7) is -0.121. The Labute approximate surface area is 150 Å². The fourth-order valence-corrected chi connectivity index (χ4v) is 2.99. The lowest BCUT2D eigenvalue weighted by atomic mass is 9.98. The molecule has 7 nitrogen and oxygen atoms in total. The van der Waals surface area contributed by atoms with Gasteiger partial charge in [-0.05, 0) is 25.0 Å². The van der Waals surface area contributed by atoms with Gasteiger partial charge in [0.25, 0.3) is 5.91 Å². The van der Waals surface area contributed by atoms with E-state index >= 15 is 0 Å². The summed E-state index contributed by atoms with van der Waals surface area (Å²) in [5.74, 6) is -4.04. The highest BCUT2D eigenvalue weighted by molar-refractivity contribution is 5.94.